The zero-order valence-electron chi connectivity index (χ0n) is 10.8. The highest BCUT2D eigenvalue weighted by atomic mass is 35.5. The first-order valence-electron chi connectivity index (χ1n) is 5.90. The Morgan fingerprint density at radius 3 is 2.70 bits per heavy atom. The SMILES string of the molecule is CN(Cc1ccc(F)c(C(=O)O)c1)Cc1ccc(Cl)s1. The number of carbonyl (C=O) groups is 1. The van der Waals surface area contributed by atoms with E-state index in [1.165, 1.54) is 23.5 Å². The fourth-order valence-corrected chi connectivity index (χ4v) is 3.07. The zero-order chi connectivity index (χ0) is 14.7. The van der Waals surface area contributed by atoms with Crippen LogP contribution in [0.5, 0.6) is 0 Å². The summed E-state index contributed by atoms with van der Waals surface area (Å²) < 4.78 is 14.0. The molecule has 0 fully saturated rings. The summed E-state index contributed by atoms with van der Waals surface area (Å²) in [5.74, 6) is -1.97. The topological polar surface area (TPSA) is 40.5 Å². The summed E-state index contributed by atoms with van der Waals surface area (Å²) in [5, 5.41) is 8.90. The molecule has 2 rings (SSSR count). The van der Waals surface area contributed by atoms with Crippen molar-refractivity contribution in [3.8, 4) is 0 Å². The lowest BCUT2D eigenvalue weighted by atomic mass is 10.1. The molecule has 0 saturated heterocycles. The van der Waals surface area contributed by atoms with Crippen LogP contribution in [0, 0.1) is 5.82 Å². The number of benzene rings is 1. The summed E-state index contributed by atoms with van der Waals surface area (Å²) >= 11 is 7.38. The molecule has 0 unspecified atom stereocenters. The van der Waals surface area contributed by atoms with E-state index >= 15 is 0 Å². The van der Waals surface area contributed by atoms with Crippen molar-refractivity contribution in [1.29, 1.82) is 0 Å². The van der Waals surface area contributed by atoms with Crippen LogP contribution in [0.1, 0.15) is 20.8 Å². The standard InChI is InChI=1S/C14H13ClFNO2S/c1-17(8-10-3-5-13(15)20-10)7-9-2-4-12(16)11(6-9)14(18)19/h2-6H,7-8H2,1H3,(H,18,19). The second-order valence-corrected chi connectivity index (χ2v) is 6.30. The van der Waals surface area contributed by atoms with Crippen LogP contribution in [-0.2, 0) is 13.1 Å². The second kappa shape index (κ2) is 6.35. The van der Waals surface area contributed by atoms with E-state index in [0.717, 1.165) is 14.8 Å². The molecule has 0 bridgehead atoms. The molecule has 0 amide bonds. The molecule has 0 radical (unpaired) electrons. The number of nitrogens with zero attached hydrogens (tertiary/aromatic N) is 1. The number of rotatable bonds is 5. The third kappa shape index (κ3) is 3.79. The van der Waals surface area contributed by atoms with Crippen LogP contribution >= 0.6 is 22.9 Å². The van der Waals surface area contributed by atoms with Crippen molar-refractivity contribution in [2.75, 3.05) is 7.05 Å². The number of carboxylic acid groups (broad SMARTS) is 1. The van der Waals surface area contributed by atoms with Crippen LogP contribution in [-0.4, -0.2) is 23.0 Å². The smallest absolute Gasteiger partial charge is 0.338 e. The average molecular weight is 314 g/mol. The van der Waals surface area contributed by atoms with Gasteiger partial charge in [0, 0.05) is 18.0 Å². The molecule has 0 atom stereocenters. The molecule has 6 heteroatoms. The normalized spacial score (nSPS) is 11.0. The van der Waals surface area contributed by atoms with Crippen LogP contribution in [0.2, 0.25) is 4.34 Å². The first kappa shape index (κ1) is 15.0. The minimum absolute atomic E-state index is 0.296. The Kier molecular flexibility index (Phi) is 4.75. The summed E-state index contributed by atoms with van der Waals surface area (Å²) in [7, 11) is 1.91. The van der Waals surface area contributed by atoms with E-state index in [4.69, 9.17) is 16.7 Å². The van der Waals surface area contributed by atoms with E-state index in [9.17, 15) is 9.18 Å². The summed E-state index contributed by atoms with van der Waals surface area (Å²) in [6, 6.07) is 7.95. The third-order valence-electron chi connectivity index (χ3n) is 2.77. The molecule has 106 valence electrons. The largest absolute Gasteiger partial charge is 0.478 e. The molecular weight excluding hydrogens is 301 g/mol. The molecule has 0 saturated carbocycles. The molecule has 0 aliphatic heterocycles. The average Bonchev–Trinajstić information content (AvgIpc) is 2.76. The maximum Gasteiger partial charge on any atom is 0.338 e. The van der Waals surface area contributed by atoms with Gasteiger partial charge in [-0.25, -0.2) is 9.18 Å². The van der Waals surface area contributed by atoms with Gasteiger partial charge in [0.1, 0.15) is 5.82 Å². The van der Waals surface area contributed by atoms with Crippen molar-refractivity contribution in [3.05, 3.63) is 56.5 Å². The lowest BCUT2D eigenvalue weighted by molar-refractivity contribution is 0.0691. The van der Waals surface area contributed by atoms with Gasteiger partial charge in [-0.05, 0) is 36.9 Å². The van der Waals surface area contributed by atoms with Gasteiger partial charge in [-0.2, -0.15) is 0 Å². The molecule has 1 N–H and O–H groups in total. The van der Waals surface area contributed by atoms with Crippen molar-refractivity contribution in [3.63, 3.8) is 0 Å². The Bertz CT molecular complexity index is 629. The van der Waals surface area contributed by atoms with Crippen molar-refractivity contribution >= 4 is 28.9 Å². The van der Waals surface area contributed by atoms with Gasteiger partial charge in [-0.1, -0.05) is 17.7 Å². The van der Waals surface area contributed by atoms with E-state index in [1.807, 2.05) is 24.1 Å². The molecule has 0 spiro atoms. The molecule has 1 aromatic carbocycles. The van der Waals surface area contributed by atoms with Crippen LogP contribution in [0.4, 0.5) is 4.39 Å². The van der Waals surface area contributed by atoms with Crippen LogP contribution < -0.4 is 0 Å². The van der Waals surface area contributed by atoms with E-state index in [0.29, 0.717) is 13.1 Å². The first-order valence-corrected chi connectivity index (χ1v) is 7.09. The molecule has 2 aromatic rings. The van der Waals surface area contributed by atoms with Gasteiger partial charge in [0.05, 0.1) is 9.90 Å². The fraction of sp³-hybridized carbons (Fsp3) is 0.214. The quantitative estimate of drug-likeness (QED) is 0.911. The number of halogens is 2. The van der Waals surface area contributed by atoms with Gasteiger partial charge in [-0.3, -0.25) is 4.90 Å². The number of thiophene rings is 1. The Hall–Kier alpha value is -1.43. The van der Waals surface area contributed by atoms with E-state index < -0.39 is 11.8 Å². The molecule has 3 nitrogen and oxygen atoms in total. The number of carboxylic acids is 1. The van der Waals surface area contributed by atoms with Crippen molar-refractivity contribution < 1.29 is 14.3 Å². The lowest BCUT2D eigenvalue weighted by Gasteiger charge is -2.16. The minimum atomic E-state index is -1.25. The molecule has 0 aliphatic rings. The number of aromatic carboxylic acids is 1. The van der Waals surface area contributed by atoms with Crippen LogP contribution in [0.25, 0.3) is 0 Å². The number of hydrogen-bond donors (Lipinski definition) is 1. The fourth-order valence-electron chi connectivity index (χ4n) is 1.90. The van der Waals surface area contributed by atoms with Crippen molar-refractivity contribution in [2.24, 2.45) is 0 Å². The molecular formula is C14H13ClFNO2S. The predicted molar refractivity (Wildman–Crippen MR) is 77.9 cm³/mol. The molecule has 1 heterocycles. The number of hydrogen-bond acceptors (Lipinski definition) is 3. The van der Waals surface area contributed by atoms with Gasteiger partial charge in [0.15, 0.2) is 0 Å². The van der Waals surface area contributed by atoms with E-state index in [1.54, 1.807) is 6.07 Å². The second-order valence-electron chi connectivity index (χ2n) is 4.50. The van der Waals surface area contributed by atoms with Gasteiger partial charge in [0.25, 0.3) is 0 Å². The predicted octanol–water partition coefficient (Wildman–Crippen LogP) is 3.87. The first-order chi connectivity index (χ1) is 9.45. The highest BCUT2D eigenvalue weighted by molar-refractivity contribution is 7.16. The van der Waals surface area contributed by atoms with Gasteiger partial charge in [0.2, 0.25) is 0 Å². The lowest BCUT2D eigenvalue weighted by Crippen LogP contribution is -2.17. The molecule has 0 aliphatic carbocycles. The summed E-state index contributed by atoms with van der Waals surface area (Å²) in [4.78, 5) is 14.0. The van der Waals surface area contributed by atoms with Crippen molar-refractivity contribution in [1.82, 2.24) is 4.90 Å². The van der Waals surface area contributed by atoms with Crippen LogP contribution in [0.15, 0.2) is 30.3 Å². The maximum absolute atomic E-state index is 13.3. The van der Waals surface area contributed by atoms with E-state index in [2.05, 4.69) is 0 Å². The highest BCUT2D eigenvalue weighted by Gasteiger charge is 2.12. The highest BCUT2D eigenvalue weighted by Crippen LogP contribution is 2.23. The molecule has 1 aromatic heterocycles. The Labute approximate surface area is 125 Å². The summed E-state index contributed by atoms with van der Waals surface area (Å²) in [6.07, 6.45) is 0. The van der Waals surface area contributed by atoms with Gasteiger partial charge >= 0.3 is 5.97 Å². The minimum Gasteiger partial charge on any atom is -0.478 e. The summed E-state index contributed by atoms with van der Waals surface area (Å²) in [6.45, 7) is 1.24. The third-order valence-corrected chi connectivity index (χ3v) is 3.98. The molecule has 20 heavy (non-hydrogen) atoms. The Morgan fingerprint density at radius 2 is 2.10 bits per heavy atom. The van der Waals surface area contributed by atoms with Gasteiger partial charge < -0.3 is 5.11 Å². The Balaban J connectivity index is 2.06. The van der Waals surface area contributed by atoms with Gasteiger partial charge in [-0.15, -0.1) is 11.3 Å². The maximum atomic E-state index is 13.3. The summed E-state index contributed by atoms with van der Waals surface area (Å²) in [5.41, 5.74) is 0.462. The van der Waals surface area contributed by atoms with Crippen molar-refractivity contribution in [2.45, 2.75) is 13.1 Å². The zero-order valence-corrected chi connectivity index (χ0v) is 12.3. The van der Waals surface area contributed by atoms with E-state index in [-0.39, 0.29) is 5.56 Å². The monoisotopic (exact) mass is 313 g/mol. The van der Waals surface area contributed by atoms with Crippen LogP contribution in [0.3, 0.4) is 0 Å². The Morgan fingerprint density at radius 1 is 1.35 bits per heavy atom.